The lowest BCUT2D eigenvalue weighted by Gasteiger charge is -2.09. The molecule has 0 aliphatic heterocycles. The smallest absolute Gasteiger partial charge is 0.258 e. The molecule has 0 aliphatic carbocycles. The van der Waals surface area contributed by atoms with Gasteiger partial charge in [0.05, 0.1) is 28.2 Å². The zero-order chi connectivity index (χ0) is 16.2. The Morgan fingerprint density at radius 1 is 1.22 bits per heavy atom. The van der Waals surface area contributed by atoms with Crippen molar-refractivity contribution in [2.24, 2.45) is 0 Å². The Hall–Kier alpha value is -2.86. The van der Waals surface area contributed by atoms with Crippen LogP contribution in [0.2, 0.25) is 5.02 Å². The Morgan fingerprint density at radius 3 is 2.78 bits per heavy atom. The molecular weight excluding hydrogens is 316 g/mol. The molecule has 0 atom stereocenters. The van der Waals surface area contributed by atoms with Gasteiger partial charge in [-0.25, -0.2) is 0 Å². The van der Waals surface area contributed by atoms with Gasteiger partial charge in [-0.2, -0.15) is 0 Å². The van der Waals surface area contributed by atoms with Gasteiger partial charge in [0, 0.05) is 12.3 Å². The molecule has 0 saturated heterocycles. The molecule has 0 unspecified atom stereocenters. The minimum absolute atomic E-state index is 0.325. The molecule has 6 nitrogen and oxygen atoms in total. The van der Waals surface area contributed by atoms with Crippen LogP contribution < -0.4 is 10.6 Å². The fourth-order valence-corrected chi connectivity index (χ4v) is 2.15. The number of carbonyl (C=O) groups is 1. The van der Waals surface area contributed by atoms with Gasteiger partial charge in [0.25, 0.3) is 5.91 Å². The Balaban J connectivity index is 1.77. The van der Waals surface area contributed by atoms with Crippen LogP contribution in [0.25, 0.3) is 0 Å². The molecule has 2 heterocycles. The number of aromatic nitrogens is 2. The van der Waals surface area contributed by atoms with Gasteiger partial charge >= 0.3 is 0 Å². The summed E-state index contributed by atoms with van der Waals surface area (Å²) in [5.41, 5.74) is 1.78. The lowest BCUT2D eigenvalue weighted by atomic mass is 10.2. The maximum atomic E-state index is 12.2. The minimum Gasteiger partial charge on any atom is -0.360 e. The van der Waals surface area contributed by atoms with E-state index in [-0.39, 0.29) is 5.91 Å². The molecule has 0 spiro atoms. The number of anilines is 3. The number of amides is 1. The highest BCUT2D eigenvalue weighted by Crippen LogP contribution is 2.24. The second-order valence-electron chi connectivity index (χ2n) is 4.84. The number of benzene rings is 1. The first-order valence-corrected chi connectivity index (χ1v) is 7.21. The molecule has 3 aromatic rings. The predicted molar refractivity (Wildman–Crippen MR) is 88.2 cm³/mol. The fourth-order valence-electron chi connectivity index (χ4n) is 1.96. The van der Waals surface area contributed by atoms with Crippen molar-refractivity contribution in [3.8, 4) is 0 Å². The van der Waals surface area contributed by atoms with Crippen molar-refractivity contribution in [3.05, 3.63) is 65.1 Å². The molecule has 7 heteroatoms. The molecule has 23 heavy (non-hydrogen) atoms. The third kappa shape index (κ3) is 3.67. The molecule has 1 amide bonds. The van der Waals surface area contributed by atoms with Crippen LogP contribution in [0.4, 0.5) is 17.2 Å². The van der Waals surface area contributed by atoms with Crippen molar-refractivity contribution in [1.29, 1.82) is 0 Å². The summed E-state index contributed by atoms with van der Waals surface area (Å²) in [6, 6.07) is 10.6. The van der Waals surface area contributed by atoms with Gasteiger partial charge in [-0.3, -0.25) is 9.78 Å². The monoisotopic (exact) mass is 328 g/mol. The van der Waals surface area contributed by atoms with Gasteiger partial charge in [-0.15, -0.1) is 0 Å². The second kappa shape index (κ2) is 6.50. The molecule has 0 bridgehead atoms. The zero-order valence-corrected chi connectivity index (χ0v) is 13.0. The summed E-state index contributed by atoms with van der Waals surface area (Å²) in [6.07, 6.45) is 3.08. The Kier molecular flexibility index (Phi) is 4.25. The number of para-hydroxylation sites is 1. The zero-order valence-electron chi connectivity index (χ0n) is 12.2. The van der Waals surface area contributed by atoms with E-state index in [1.807, 2.05) is 18.2 Å². The molecule has 0 saturated carbocycles. The van der Waals surface area contributed by atoms with Crippen LogP contribution in [0, 0.1) is 6.92 Å². The number of hydrogen-bond acceptors (Lipinski definition) is 5. The van der Waals surface area contributed by atoms with E-state index in [1.54, 1.807) is 31.3 Å². The fraction of sp³-hybridized carbons (Fsp3) is 0.0625. The Bertz CT molecular complexity index is 847. The number of aryl methyl sites for hydroxylation is 1. The molecule has 0 fully saturated rings. The Morgan fingerprint density at radius 2 is 2.04 bits per heavy atom. The summed E-state index contributed by atoms with van der Waals surface area (Å²) in [4.78, 5) is 16.3. The minimum atomic E-state index is -0.325. The average Bonchev–Trinajstić information content (AvgIpc) is 2.95. The first-order valence-electron chi connectivity index (χ1n) is 6.83. The number of hydrogen-bond donors (Lipinski definition) is 2. The highest BCUT2D eigenvalue weighted by Gasteiger charge is 2.10. The van der Waals surface area contributed by atoms with Crippen LogP contribution in [0.1, 0.15) is 16.1 Å². The van der Waals surface area contributed by atoms with Crippen LogP contribution in [-0.4, -0.2) is 16.0 Å². The van der Waals surface area contributed by atoms with E-state index < -0.39 is 0 Å². The van der Waals surface area contributed by atoms with Gasteiger partial charge in [-0.1, -0.05) is 28.9 Å². The molecule has 0 radical (unpaired) electrons. The van der Waals surface area contributed by atoms with Gasteiger partial charge in [-0.05, 0) is 25.1 Å². The second-order valence-corrected chi connectivity index (χ2v) is 5.25. The summed E-state index contributed by atoms with van der Waals surface area (Å²) < 4.78 is 4.91. The number of nitrogens with zero attached hydrogens (tertiary/aromatic N) is 2. The lowest BCUT2D eigenvalue weighted by Crippen LogP contribution is -2.12. The van der Waals surface area contributed by atoms with E-state index in [4.69, 9.17) is 16.1 Å². The number of pyridine rings is 1. The third-order valence-corrected chi connectivity index (χ3v) is 3.35. The maximum absolute atomic E-state index is 12.2. The molecule has 2 N–H and O–H groups in total. The van der Waals surface area contributed by atoms with Gasteiger partial charge in [0.2, 0.25) is 0 Å². The van der Waals surface area contributed by atoms with Gasteiger partial charge < -0.3 is 15.2 Å². The SMILES string of the molecule is Cc1cc(NC(=O)c2cncc(Nc3ccccc3Cl)c2)no1. The van der Waals surface area contributed by atoms with Crippen molar-refractivity contribution in [3.63, 3.8) is 0 Å². The van der Waals surface area contributed by atoms with Crippen LogP contribution in [-0.2, 0) is 0 Å². The average molecular weight is 329 g/mol. The van der Waals surface area contributed by atoms with Crippen molar-refractivity contribution < 1.29 is 9.32 Å². The first-order chi connectivity index (χ1) is 11.1. The number of carbonyl (C=O) groups excluding carboxylic acids is 1. The largest absolute Gasteiger partial charge is 0.360 e. The number of nitrogens with one attached hydrogen (secondary N) is 2. The molecule has 1 aromatic carbocycles. The topological polar surface area (TPSA) is 80.0 Å². The summed E-state index contributed by atoms with van der Waals surface area (Å²) in [5.74, 6) is 0.651. The maximum Gasteiger partial charge on any atom is 0.258 e. The Labute approximate surface area is 137 Å². The number of halogens is 1. The first kappa shape index (κ1) is 15.1. The van der Waals surface area contributed by atoms with Crippen LogP contribution in [0.3, 0.4) is 0 Å². The molecule has 3 rings (SSSR count). The van der Waals surface area contributed by atoms with Crippen molar-refractivity contribution in [2.75, 3.05) is 10.6 Å². The molecule has 116 valence electrons. The van der Waals surface area contributed by atoms with E-state index in [9.17, 15) is 4.79 Å². The van der Waals surface area contributed by atoms with Crippen molar-refractivity contribution >= 4 is 34.7 Å². The quantitative estimate of drug-likeness (QED) is 0.756. The normalized spacial score (nSPS) is 10.3. The van der Waals surface area contributed by atoms with E-state index in [0.29, 0.717) is 27.9 Å². The standard InChI is InChI=1S/C16H13ClN4O2/c1-10-6-15(21-23-10)20-16(22)11-7-12(9-18-8-11)19-14-5-3-2-4-13(14)17/h2-9,19H,1H3,(H,20,21,22). The van der Waals surface area contributed by atoms with Gasteiger partial charge in [0.15, 0.2) is 5.82 Å². The van der Waals surface area contributed by atoms with E-state index in [1.165, 1.54) is 6.20 Å². The van der Waals surface area contributed by atoms with E-state index >= 15 is 0 Å². The lowest BCUT2D eigenvalue weighted by molar-refractivity contribution is 0.102. The van der Waals surface area contributed by atoms with E-state index in [0.717, 1.165) is 5.69 Å². The summed E-state index contributed by atoms with van der Waals surface area (Å²) in [6.45, 7) is 1.75. The molecule has 2 aromatic heterocycles. The van der Waals surface area contributed by atoms with Crippen molar-refractivity contribution in [1.82, 2.24) is 10.1 Å². The highest BCUT2D eigenvalue weighted by atomic mass is 35.5. The summed E-state index contributed by atoms with van der Waals surface area (Å²) >= 11 is 6.11. The summed E-state index contributed by atoms with van der Waals surface area (Å²) in [5, 5.41) is 10.1. The van der Waals surface area contributed by atoms with Crippen LogP contribution >= 0.6 is 11.6 Å². The summed E-state index contributed by atoms with van der Waals surface area (Å²) in [7, 11) is 0. The van der Waals surface area contributed by atoms with Crippen LogP contribution in [0.5, 0.6) is 0 Å². The number of rotatable bonds is 4. The van der Waals surface area contributed by atoms with Crippen molar-refractivity contribution in [2.45, 2.75) is 6.92 Å². The third-order valence-electron chi connectivity index (χ3n) is 3.02. The molecule has 0 aliphatic rings. The highest BCUT2D eigenvalue weighted by molar-refractivity contribution is 6.33. The van der Waals surface area contributed by atoms with Crippen LogP contribution in [0.15, 0.2) is 53.3 Å². The molecular formula is C16H13ClN4O2. The van der Waals surface area contributed by atoms with Gasteiger partial charge in [0.1, 0.15) is 5.76 Å². The van der Waals surface area contributed by atoms with E-state index in [2.05, 4.69) is 20.8 Å². The predicted octanol–water partition coefficient (Wildman–Crippen LogP) is 4.03.